The van der Waals surface area contributed by atoms with Crippen molar-refractivity contribution in [1.82, 2.24) is 14.5 Å². The van der Waals surface area contributed by atoms with E-state index in [0.29, 0.717) is 5.69 Å². The highest BCUT2D eigenvalue weighted by atomic mass is 16.1. The van der Waals surface area contributed by atoms with Crippen molar-refractivity contribution in [2.45, 2.75) is 38.1 Å². The van der Waals surface area contributed by atoms with Crippen LogP contribution in [0.4, 0.5) is 0 Å². The van der Waals surface area contributed by atoms with Gasteiger partial charge in [-0.05, 0) is 25.0 Å². The molecule has 1 aliphatic rings. The Balaban J connectivity index is 1.58. The van der Waals surface area contributed by atoms with E-state index in [2.05, 4.69) is 20.6 Å². The number of hydrogen-bond donors (Lipinski definition) is 0. The molecule has 124 valence electrons. The highest BCUT2D eigenvalue weighted by molar-refractivity contribution is 5.90. The Morgan fingerprint density at radius 3 is 2.92 bits per heavy atom. The molecule has 1 atom stereocenters. The second-order valence-corrected chi connectivity index (χ2v) is 6.43. The fourth-order valence-corrected chi connectivity index (χ4v) is 3.38. The second-order valence-electron chi connectivity index (χ2n) is 6.43. The van der Waals surface area contributed by atoms with Crippen LogP contribution in [0.15, 0.2) is 42.6 Å². The molecule has 0 spiro atoms. The zero-order chi connectivity index (χ0) is 17.2. The molecule has 1 unspecified atom stereocenters. The maximum atomic E-state index is 12.7. The summed E-state index contributed by atoms with van der Waals surface area (Å²) in [6.07, 6.45) is 5.38. The number of rotatable bonds is 4. The van der Waals surface area contributed by atoms with Crippen molar-refractivity contribution in [2.24, 2.45) is 0 Å². The molecule has 0 bridgehead atoms. The number of carbonyl (C=O) groups is 1. The normalized spacial score (nSPS) is 14.7. The highest BCUT2D eigenvalue weighted by Crippen LogP contribution is 2.21. The second kappa shape index (κ2) is 6.48. The third kappa shape index (κ3) is 3.03. The Morgan fingerprint density at radius 1 is 1.20 bits per heavy atom. The van der Waals surface area contributed by atoms with Crippen molar-refractivity contribution in [1.29, 1.82) is 5.26 Å². The number of hydrogen-bond acceptors (Lipinski definition) is 4. The fraction of sp³-hybridized carbons (Fsp3) is 0.300. The summed E-state index contributed by atoms with van der Waals surface area (Å²) in [5.41, 5.74) is 2.06. The number of Topliss-reactive ketones (excluding diaryl/α,β-unsaturated/α-hetero) is 1. The summed E-state index contributed by atoms with van der Waals surface area (Å²) >= 11 is 0. The molecule has 2 aromatic heterocycles. The minimum atomic E-state index is -0.858. The van der Waals surface area contributed by atoms with Crippen LogP contribution in [-0.4, -0.2) is 20.3 Å². The third-order valence-electron chi connectivity index (χ3n) is 4.68. The van der Waals surface area contributed by atoms with Crippen LogP contribution in [0.3, 0.4) is 0 Å². The van der Waals surface area contributed by atoms with Crippen LogP contribution in [0.1, 0.15) is 36.0 Å². The number of aryl methyl sites for hydroxylation is 2. The van der Waals surface area contributed by atoms with Gasteiger partial charge < -0.3 is 4.57 Å². The average molecular weight is 330 g/mol. The predicted molar refractivity (Wildman–Crippen MR) is 94.0 cm³/mol. The standard InChI is InChI=1S/C20H18N4O/c21-12-16(18-9-8-14-5-1-2-6-17(14)23-18)19(25)11-15-13-24-10-4-3-7-20(24)22-15/h1-2,5-6,8-9,13,16H,3-4,7,10-11H2. The van der Waals surface area contributed by atoms with Crippen LogP contribution in [0.2, 0.25) is 0 Å². The van der Waals surface area contributed by atoms with Crippen molar-refractivity contribution in [3.63, 3.8) is 0 Å². The van der Waals surface area contributed by atoms with Crippen LogP contribution in [0.5, 0.6) is 0 Å². The number of benzene rings is 1. The Bertz CT molecular complexity index is 959. The molecule has 4 rings (SSSR count). The maximum Gasteiger partial charge on any atom is 0.162 e. The van der Waals surface area contributed by atoms with Crippen LogP contribution >= 0.6 is 0 Å². The Kier molecular flexibility index (Phi) is 4.02. The van der Waals surface area contributed by atoms with Gasteiger partial charge in [0.25, 0.3) is 0 Å². The van der Waals surface area contributed by atoms with Crippen LogP contribution in [0.25, 0.3) is 10.9 Å². The fourth-order valence-electron chi connectivity index (χ4n) is 3.38. The highest BCUT2D eigenvalue weighted by Gasteiger charge is 2.24. The van der Waals surface area contributed by atoms with Gasteiger partial charge in [0.2, 0.25) is 0 Å². The Morgan fingerprint density at radius 2 is 2.08 bits per heavy atom. The molecular formula is C20H18N4O. The first kappa shape index (κ1) is 15.5. The number of carbonyl (C=O) groups excluding carboxylic acids is 1. The maximum absolute atomic E-state index is 12.7. The SMILES string of the molecule is N#CC(C(=O)Cc1cn2c(n1)CCCC2)c1ccc2ccccc2n1. The summed E-state index contributed by atoms with van der Waals surface area (Å²) in [4.78, 5) is 21.7. The van der Waals surface area contributed by atoms with Crippen LogP contribution < -0.4 is 0 Å². The number of nitrogens with zero attached hydrogens (tertiary/aromatic N) is 4. The van der Waals surface area contributed by atoms with Gasteiger partial charge in [-0.2, -0.15) is 5.26 Å². The molecule has 5 heteroatoms. The Labute approximate surface area is 145 Å². The molecule has 1 aliphatic heterocycles. The van der Waals surface area contributed by atoms with E-state index in [1.165, 1.54) is 0 Å². The first-order valence-corrected chi connectivity index (χ1v) is 8.57. The van der Waals surface area contributed by atoms with E-state index in [-0.39, 0.29) is 12.2 Å². The van der Waals surface area contributed by atoms with E-state index in [1.54, 1.807) is 6.07 Å². The molecule has 0 saturated carbocycles. The molecule has 0 amide bonds. The predicted octanol–water partition coefficient (Wildman–Crippen LogP) is 3.19. The number of aromatic nitrogens is 3. The van der Waals surface area contributed by atoms with Gasteiger partial charge in [0.05, 0.1) is 29.4 Å². The van der Waals surface area contributed by atoms with Gasteiger partial charge >= 0.3 is 0 Å². The van der Waals surface area contributed by atoms with E-state index in [9.17, 15) is 10.1 Å². The van der Waals surface area contributed by atoms with E-state index in [1.807, 2.05) is 36.5 Å². The summed E-state index contributed by atoms with van der Waals surface area (Å²) in [5.74, 6) is 0.0375. The Hall–Kier alpha value is -3.00. The molecule has 25 heavy (non-hydrogen) atoms. The quantitative estimate of drug-likeness (QED) is 0.736. The lowest BCUT2D eigenvalue weighted by atomic mass is 9.97. The van der Waals surface area contributed by atoms with Crippen molar-refractivity contribution in [3.8, 4) is 6.07 Å². The first-order chi connectivity index (χ1) is 12.2. The molecule has 0 fully saturated rings. The van der Waals surface area contributed by atoms with E-state index in [4.69, 9.17) is 0 Å². The molecule has 0 saturated heterocycles. The monoisotopic (exact) mass is 330 g/mol. The molecular weight excluding hydrogens is 312 g/mol. The minimum Gasteiger partial charge on any atom is -0.335 e. The van der Waals surface area contributed by atoms with E-state index >= 15 is 0 Å². The van der Waals surface area contributed by atoms with Crippen molar-refractivity contribution < 1.29 is 4.79 Å². The first-order valence-electron chi connectivity index (χ1n) is 8.57. The van der Waals surface area contributed by atoms with Gasteiger partial charge in [-0.1, -0.05) is 24.3 Å². The molecule has 0 aliphatic carbocycles. The van der Waals surface area contributed by atoms with Gasteiger partial charge in [0.15, 0.2) is 5.78 Å². The molecule has 3 aromatic rings. The topological polar surface area (TPSA) is 71.6 Å². The van der Waals surface area contributed by atoms with E-state index in [0.717, 1.165) is 48.2 Å². The summed E-state index contributed by atoms with van der Waals surface area (Å²) in [6, 6.07) is 13.5. The molecule has 1 aromatic carbocycles. The molecule has 5 nitrogen and oxygen atoms in total. The number of nitriles is 1. The zero-order valence-corrected chi connectivity index (χ0v) is 13.9. The van der Waals surface area contributed by atoms with Gasteiger partial charge in [-0.3, -0.25) is 9.78 Å². The number of para-hydroxylation sites is 1. The smallest absolute Gasteiger partial charge is 0.162 e. The lowest BCUT2D eigenvalue weighted by Gasteiger charge is -2.11. The third-order valence-corrected chi connectivity index (χ3v) is 4.68. The number of ketones is 1. The molecule has 3 heterocycles. The zero-order valence-electron chi connectivity index (χ0n) is 13.9. The van der Waals surface area contributed by atoms with Gasteiger partial charge in [0.1, 0.15) is 11.7 Å². The summed E-state index contributed by atoms with van der Waals surface area (Å²) in [7, 11) is 0. The van der Waals surface area contributed by atoms with Crippen molar-refractivity contribution in [2.75, 3.05) is 0 Å². The molecule has 0 N–H and O–H groups in total. The number of pyridine rings is 1. The summed E-state index contributed by atoms with van der Waals surface area (Å²) in [5, 5.41) is 10.5. The number of imidazole rings is 1. The van der Waals surface area contributed by atoms with Gasteiger partial charge in [-0.25, -0.2) is 4.98 Å². The summed E-state index contributed by atoms with van der Waals surface area (Å²) < 4.78 is 2.13. The van der Waals surface area contributed by atoms with Crippen molar-refractivity contribution in [3.05, 3.63) is 59.8 Å². The summed E-state index contributed by atoms with van der Waals surface area (Å²) in [6.45, 7) is 0.963. The average Bonchev–Trinajstić information content (AvgIpc) is 3.04. The largest absolute Gasteiger partial charge is 0.335 e. The minimum absolute atomic E-state index is 0.152. The van der Waals surface area contributed by atoms with E-state index < -0.39 is 5.92 Å². The van der Waals surface area contributed by atoms with Crippen molar-refractivity contribution >= 4 is 16.7 Å². The van der Waals surface area contributed by atoms with Gasteiger partial charge in [0, 0.05) is 24.5 Å². The van der Waals surface area contributed by atoms with Crippen LogP contribution in [-0.2, 0) is 24.2 Å². The lowest BCUT2D eigenvalue weighted by molar-refractivity contribution is -0.118. The lowest BCUT2D eigenvalue weighted by Crippen LogP contribution is -2.15. The molecule has 0 radical (unpaired) electrons. The van der Waals surface area contributed by atoms with Crippen LogP contribution in [0, 0.1) is 11.3 Å². The number of fused-ring (bicyclic) bond motifs is 2. The van der Waals surface area contributed by atoms with Gasteiger partial charge in [-0.15, -0.1) is 0 Å².